The van der Waals surface area contributed by atoms with Gasteiger partial charge in [0.1, 0.15) is 10.3 Å². The molecule has 0 aliphatic rings. The van der Waals surface area contributed by atoms with Crippen LogP contribution in [0.2, 0.25) is 4.34 Å². The summed E-state index contributed by atoms with van der Waals surface area (Å²) in [5.74, 6) is -1.16. The van der Waals surface area contributed by atoms with Gasteiger partial charge in [-0.1, -0.05) is 18.5 Å². The molecule has 1 aromatic heterocycles. The van der Waals surface area contributed by atoms with Crippen LogP contribution in [0.3, 0.4) is 0 Å². The predicted molar refractivity (Wildman–Crippen MR) is 70.7 cm³/mol. The van der Waals surface area contributed by atoms with Crippen LogP contribution >= 0.6 is 22.9 Å². The molecule has 0 fully saturated rings. The molecule has 1 heterocycles. The molecule has 1 rings (SSSR count). The number of likely N-dealkylation sites (N-methyl/N-ethyl adjacent to an activating group) is 1. The fourth-order valence-electron chi connectivity index (χ4n) is 1.46. The molecule has 1 aromatic rings. The summed E-state index contributed by atoms with van der Waals surface area (Å²) in [6.07, 6.45) is 0.198. The standard InChI is InChI=1S/C10H14ClNO4S2/c1-4-7(10(13)14)12(3)18(15,16)8-5-6(2)9(11)17-8/h5,7H,4H2,1-3H3,(H,13,14). The van der Waals surface area contributed by atoms with Crippen LogP contribution in [0.4, 0.5) is 0 Å². The summed E-state index contributed by atoms with van der Waals surface area (Å²) < 4.78 is 25.8. The zero-order valence-corrected chi connectivity index (χ0v) is 12.6. The number of sulfonamides is 1. The highest BCUT2D eigenvalue weighted by Gasteiger charge is 2.32. The lowest BCUT2D eigenvalue weighted by molar-refractivity contribution is -0.141. The van der Waals surface area contributed by atoms with Crippen LogP contribution in [0, 0.1) is 6.92 Å². The Hall–Kier alpha value is -0.630. The Labute approximate surface area is 115 Å². The Morgan fingerprint density at radius 2 is 2.17 bits per heavy atom. The lowest BCUT2D eigenvalue weighted by Gasteiger charge is -2.22. The van der Waals surface area contributed by atoms with E-state index in [9.17, 15) is 13.2 Å². The number of thiophene rings is 1. The van der Waals surface area contributed by atoms with Gasteiger partial charge in [0.25, 0.3) is 10.0 Å². The first kappa shape index (κ1) is 15.4. The fourth-order valence-corrected chi connectivity index (χ4v) is 4.74. The Bertz CT molecular complexity index is 533. The van der Waals surface area contributed by atoms with Crippen molar-refractivity contribution in [3.63, 3.8) is 0 Å². The molecule has 102 valence electrons. The van der Waals surface area contributed by atoms with Gasteiger partial charge in [-0.25, -0.2) is 8.42 Å². The van der Waals surface area contributed by atoms with Gasteiger partial charge in [-0.2, -0.15) is 4.31 Å². The average molecular weight is 312 g/mol. The smallest absolute Gasteiger partial charge is 0.321 e. The van der Waals surface area contributed by atoms with Gasteiger partial charge in [0.15, 0.2) is 0 Å². The minimum atomic E-state index is -3.81. The van der Waals surface area contributed by atoms with Crippen LogP contribution in [0.1, 0.15) is 18.9 Å². The zero-order chi connectivity index (χ0) is 14.1. The van der Waals surface area contributed by atoms with Gasteiger partial charge < -0.3 is 5.11 Å². The number of carboxylic acid groups (broad SMARTS) is 1. The van der Waals surface area contributed by atoms with Crippen molar-refractivity contribution in [3.8, 4) is 0 Å². The van der Waals surface area contributed by atoms with Crippen molar-refractivity contribution in [1.82, 2.24) is 4.31 Å². The van der Waals surface area contributed by atoms with E-state index in [0.29, 0.717) is 9.90 Å². The van der Waals surface area contributed by atoms with E-state index in [4.69, 9.17) is 16.7 Å². The second kappa shape index (κ2) is 5.56. The third-order valence-electron chi connectivity index (χ3n) is 2.58. The monoisotopic (exact) mass is 311 g/mol. The van der Waals surface area contributed by atoms with E-state index in [-0.39, 0.29) is 10.6 Å². The molecule has 0 aliphatic heterocycles. The number of aryl methyl sites for hydroxylation is 1. The highest BCUT2D eigenvalue weighted by atomic mass is 35.5. The second-order valence-electron chi connectivity index (χ2n) is 3.81. The van der Waals surface area contributed by atoms with E-state index in [0.717, 1.165) is 15.6 Å². The maximum absolute atomic E-state index is 12.2. The molecule has 0 saturated heterocycles. The van der Waals surface area contributed by atoms with E-state index in [2.05, 4.69) is 0 Å². The van der Waals surface area contributed by atoms with Crippen molar-refractivity contribution in [2.24, 2.45) is 0 Å². The molecule has 1 atom stereocenters. The van der Waals surface area contributed by atoms with Crippen molar-refractivity contribution in [2.75, 3.05) is 7.05 Å². The van der Waals surface area contributed by atoms with E-state index in [1.807, 2.05) is 0 Å². The van der Waals surface area contributed by atoms with E-state index in [1.54, 1.807) is 13.8 Å². The van der Waals surface area contributed by atoms with Gasteiger partial charge in [0, 0.05) is 7.05 Å². The number of hydrogen-bond acceptors (Lipinski definition) is 4. The van der Waals surface area contributed by atoms with Gasteiger partial charge in [0.2, 0.25) is 0 Å². The SMILES string of the molecule is CCC(C(=O)O)N(C)S(=O)(=O)c1cc(C)c(Cl)s1. The maximum Gasteiger partial charge on any atom is 0.321 e. The summed E-state index contributed by atoms with van der Waals surface area (Å²) in [4.78, 5) is 11.0. The number of rotatable bonds is 5. The van der Waals surface area contributed by atoms with Gasteiger partial charge in [-0.15, -0.1) is 11.3 Å². The summed E-state index contributed by atoms with van der Waals surface area (Å²) in [5, 5.41) is 8.98. The van der Waals surface area contributed by atoms with Crippen molar-refractivity contribution in [3.05, 3.63) is 16.0 Å². The maximum atomic E-state index is 12.2. The number of hydrogen-bond donors (Lipinski definition) is 1. The molecule has 0 aromatic carbocycles. The van der Waals surface area contributed by atoms with E-state index >= 15 is 0 Å². The summed E-state index contributed by atoms with van der Waals surface area (Å²) in [6.45, 7) is 3.32. The topological polar surface area (TPSA) is 74.7 Å². The van der Waals surface area contributed by atoms with Gasteiger partial charge in [-0.3, -0.25) is 4.79 Å². The van der Waals surface area contributed by atoms with Gasteiger partial charge in [0.05, 0.1) is 4.34 Å². The summed E-state index contributed by atoms with van der Waals surface area (Å²) in [6, 6.07) is 0.379. The van der Waals surface area contributed by atoms with Crippen LogP contribution in [-0.4, -0.2) is 36.9 Å². The molecule has 5 nitrogen and oxygen atoms in total. The molecule has 1 N–H and O–H groups in total. The van der Waals surface area contributed by atoms with Crippen molar-refractivity contribution in [1.29, 1.82) is 0 Å². The first-order valence-corrected chi connectivity index (χ1v) is 7.82. The molecule has 0 spiro atoms. The van der Waals surface area contributed by atoms with Crippen molar-refractivity contribution >= 4 is 38.9 Å². The van der Waals surface area contributed by atoms with Crippen molar-refractivity contribution < 1.29 is 18.3 Å². The number of halogens is 1. The first-order valence-electron chi connectivity index (χ1n) is 5.18. The van der Waals surface area contributed by atoms with Crippen LogP contribution in [0.15, 0.2) is 10.3 Å². The molecule has 8 heteroatoms. The summed E-state index contributed by atoms with van der Waals surface area (Å²) >= 11 is 6.77. The number of carboxylic acids is 1. The molecule has 0 aliphatic carbocycles. The summed E-state index contributed by atoms with van der Waals surface area (Å²) in [5.41, 5.74) is 0.664. The minimum absolute atomic E-state index is 0.0622. The highest BCUT2D eigenvalue weighted by Crippen LogP contribution is 2.32. The molecular formula is C10H14ClNO4S2. The molecule has 1 unspecified atom stereocenters. The highest BCUT2D eigenvalue weighted by molar-refractivity contribution is 7.91. The van der Waals surface area contributed by atoms with E-state index in [1.165, 1.54) is 13.1 Å². The average Bonchev–Trinajstić information content (AvgIpc) is 2.60. The predicted octanol–water partition coefficient (Wildman–Crippen LogP) is 2.19. The molecule has 0 amide bonds. The lowest BCUT2D eigenvalue weighted by atomic mass is 10.2. The van der Waals surface area contributed by atoms with Crippen LogP contribution in [0.25, 0.3) is 0 Å². The van der Waals surface area contributed by atoms with E-state index < -0.39 is 22.0 Å². The third-order valence-corrected chi connectivity index (χ3v) is 6.45. The van der Waals surface area contributed by atoms with Gasteiger partial charge >= 0.3 is 5.97 Å². The minimum Gasteiger partial charge on any atom is -0.480 e. The lowest BCUT2D eigenvalue weighted by Crippen LogP contribution is -2.41. The molecule has 0 radical (unpaired) electrons. The Morgan fingerprint density at radius 3 is 2.50 bits per heavy atom. The Balaban J connectivity index is 3.17. The van der Waals surface area contributed by atoms with Crippen LogP contribution < -0.4 is 0 Å². The Morgan fingerprint density at radius 1 is 1.61 bits per heavy atom. The summed E-state index contributed by atoms with van der Waals surface area (Å²) in [7, 11) is -2.55. The zero-order valence-electron chi connectivity index (χ0n) is 10.2. The molecule has 18 heavy (non-hydrogen) atoms. The molecule has 0 saturated carbocycles. The van der Waals surface area contributed by atoms with Crippen LogP contribution in [0.5, 0.6) is 0 Å². The molecule has 0 bridgehead atoms. The molecular weight excluding hydrogens is 298 g/mol. The normalized spacial score (nSPS) is 13.8. The number of carbonyl (C=O) groups is 1. The quantitative estimate of drug-likeness (QED) is 0.904. The first-order chi connectivity index (χ1) is 8.21. The third kappa shape index (κ3) is 2.85. The van der Waals surface area contributed by atoms with Gasteiger partial charge in [-0.05, 0) is 25.0 Å². The number of aliphatic carboxylic acids is 1. The Kier molecular flexibility index (Phi) is 4.77. The fraction of sp³-hybridized carbons (Fsp3) is 0.500. The number of nitrogens with zero attached hydrogens (tertiary/aromatic N) is 1. The van der Waals surface area contributed by atoms with Crippen LogP contribution in [-0.2, 0) is 14.8 Å². The van der Waals surface area contributed by atoms with Crippen molar-refractivity contribution in [2.45, 2.75) is 30.5 Å². The largest absolute Gasteiger partial charge is 0.480 e. The second-order valence-corrected chi connectivity index (χ2v) is 7.68.